The Hall–Kier alpha value is -5.55. The van der Waals surface area contributed by atoms with Gasteiger partial charge in [0.05, 0.1) is 33.3 Å². The molecule has 0 bridgehead atoms. The van der Waals surface area contributed by atoms with E-state index in [0.717, 1.165) is 66.0 Å². The van der Waals surface area contributed by atoms with Gasteiger partial charge < -0.3 is 0 Å². The van der Waals surface area contributed by atoms with Gasteiger partial charge in [0.15, 0.2) is 0 Å². The predicted molar refractivity (Wildman–Crippen MR) is 163 cm³/mol. The lowest BCUT2D eigenvalue weighted by molar-refractivity contribution is 1.01. The SMILES string of the molecule is c1ccc(-c2nc(-n3c4cn5c(cc4c4ccc6ccccc6c43)nc3ccccc35)nc3ccccc23)cc1. The quantitative estimate of drug-likeness (QED) is 0.234. The molecule has 0 aliphatic carbocycles. The van der Waals surface area contributed by atoms with Crippen LogP contribution < -0.4 is 0 Å². The van der Waals surface area contributed by atoms with Crippen molar-refractivity contribution in [2.45, 2.75) is 0 Å². The average molecular weight is 512 g/mol. The van der Waals surface area contributed by atoms with Gasteiger partial charge in [-0.3, -0.25) is 8.97 Å². The standard InChI is InChI=1S/C35H21N5/c1-2-11-23(12-3-1)33-26-14-6-7-15-28(26)37-35(38-33)40-31-21-39-30-17-9-8-16-29(30)36-32(39)20-27(31)25-19-18-22-10-4-5-13-24(22)34(25)40/h1-21H. The van der Waals surface area contributed by atoms with Crippen LogP contribution in [0.3, 0.4) is 0 Å². The molecular weight excluding hydrogens is 490 g/mol. The molecule has 0 aliphatic rings. The number of imidazole rings is 1. The fraction of sp³-hybridized carbons (Fsp3) is 0. The molecule has 0 saturated carbocycles. The maximum absolute atomic E-state index is 5.28. The van der Waals surface area contributed by atoms with Gasteiger partial charge in [-0.1, -0.05) is 97.1 Å². The molecule has 4 aromatic heterocycles. The van der Waals surface area contributed by atoms with Crippen molar-refractivity contribution in [3.8, 4) is 17.2 Å². The number of hydrogen-bond donors (Lipinski definition) is 0. The van der Waals surface area contributed by atoms with Gasteiger partial charge in [-0.15, -0.1) is 0 Å². The highest BCUT2D eigenvalue weighted by Gasteiger charge is 2.20. The van der Waals surface area contributed by atoms with E-state index in [2.05, 4.69) is 112 Å². The Morgan fingerprint density at radius 2 is 1.25 bits per heavy atom. The third-order valence-electron chi connectivity index (χ3n) is 7.92. The van der Waals surface area contributed by atoms with Crippen LogP contribution in [0.25, 0.3) is 77.4 Å². The summed E-state index contributed by atoms with van der Waals surface area (Å²) in [6.07, 6.45) is 2.19. The number of benzene rings is 5. The lowest BCUT2D eigenvalue weighted by atomic mass is 10.1. The van der Waals surface area contributed by atoms with Gasteiger partial charge in [-0.2, -0.15) is 0 Å². The summed E-state index contributed by atoms with van der Waals surface area (Å²) in [4.78, 5) is 15.4. The van der Waals surface area contributed by atoms with Crippen molar-refractivity contribution in [3.05, 3.63) is 128 Å². The molecule has 0 fully saturated rings. The van der Waals surface area contributed by atoms with E-state index in [1.54, 1.807) is 0 Å². The number of nitrogens with zero attached hydrogens (tertiary/aromatic N) is 5. The zero-order chi connectivity index (χ0) is 26.2. The summed E-state index contributed by atoms with van der Waals surface area (Å²) in [5, 5.41) is 5.66. The van der Waals surface area contributed by atoms with Crippen molar-refractivity contribution in [1.29, 1.82) is 0 Å². The van der Waals surface area contributed by atoms with Crippen molar-refractivity contribution in [3.63, 3.8) is 0 Å². The Kier molecular flexibility index (Phi) is 4.27. The Morgan fingerprint density at radius 1 is 0.500 bits per heavy atom. The maximum atomic E-state index is 5.28. The second-order valence-corrected chi connectivity index (χ2v) is 10.2. The van der Waals surface area contributed by atoms with Gasteiger partial charge in [0.1, 0.15) is 5.65 Å². The summed E-state index contributed by atoms with van der Waals surface area (Å²) in [5.41, 5.74) is 8.01. The van der Waals surface area contributed by atoms with Gasteiger partial charge in [0.25, 0.3) is 0 Å². The third-order valence-corrected chi connectivity index (χ3v) is 7.92. The Morgan fingerprint density at radius 3 is 2.15 bits per heavy atom. The lowest BCUT2D eigenvalue weighted by Gasteiger charge is -2.12. The number of para-hydroxylation sites is 3. The van der Waals surface area contributed by atoms with Crippen molar-refractivity contribution in [2.24, 2.45) is 0 Å². The molecule has 0 N–H and O–H groups in total. The van der Waals surface area contributed by atoms with Gasteiger partial charge in [0, 0.05) is 33.3 Å². The van der Waals surface area contributed by atoms with E-state index in [4.69, 9.17) is 15.0 Å². The van der Waals surface area contributed by atoms with Crippen LogP contribution in [0.15, 0.2) is 128 Å². The summed E-state index contributed by atoms with van der Waals surface area (Å²) in [7, 11) is 0. The number of hydrogen-bond acceptors (Lipinski definition) is 3. The number of aromatic nitrogens is 5. The summed E-state index contributed by atoms with van der Waals surface area (Å²) < 4.78 is 4.41. The molecule has 5 nitrogen and oxygen atoms in total. The monoisotopic (exact) mass is 511 g/mol. The zero-order valence-electron chi connectivity index (χ0n) is 21.4. The number of rotatable bonds is 2. The van der Waals surface area contributed by atoms with E-state index in [0.29, 0.717) is 5.95 Å². The number of fused-ring (bicyclic) bond motifs is 9. The molecule has 5 aromatic carbocycles. The van der Waals surface area contributed by atoms with Crippen LogP contribution in [0, 0.1) is 0 Å². The van der Waals surface area contributed by atoms with Crippen LogP contribution in [0.5, 0.6) is 0 Å². The van der Waals surface area contributed by atoms with Crippen LogP contribution in [0.1, 0.15) is 0 Å². The topological polar surface area (TPSA) is 48.0 Å². The molecule has 0 spiro atoms. The second kappa shape index (κ2) is 7.98. The maximum Gasteiger partial charge on any atom is 0.235 e. The molecule has 0 unspecified atom stereocenters. The van der Waals surface area contributed by atoms with E-state index < -0.39 is 0 Å². The van der Waals surface area contributed by atoms with Crippen LogP contribution in [0.2, 0.25) is 0 Å². The predicted octanol–water partition coefficient (Wildman–Crippen LogP) is 8.35. The third kappa shape index (κ3) is 2.94. The molecule has 0 saturated heterocycles. The number of pyridine rings is 1. The molecule has 9 aromatic rings. The Balaban J connectivity index is 1.49. The molecule has 40 heavy (non-hydrogen) atoms. The van der Waals surface area contributed by atoms with Gasteiger partial charge >= 0.3 is 0 Å². The molecular formula is C35H21N5. The van der Waals surface area contributed by atoms with Gasteiger partial charge in [-0.25, -0.2) is 15.0 Å². The van der Waals surface area contributed by atoms with Crippen LogP contribution in [0.4, 0.5) is 0 Å². The van der Waals surface area contributed by atoms with E-state index >= 15 is 0 Å². The molecule has 5 heteroatoms. The molecule has 0 aliphatic heterocycles. The van der Waals surface area contributed by atoms with E-state index in [1.807, 2.05) is 24.3 Å². The van der Waals surface area contributed by atoms with Crippen LogP contribution in [-0.2, 0) is 0 Å². The molecule has 0 amide bonds. The van der Waals surface area contributed by atoms with Crippen LogP contribution in [-0.4, -0.2) is 23.9 Å². The van der Waals surface area contributed by atoms with Crippen molar-refractivity contribution >= 4 is 60.2 Å². The van der Waals surface area contributed by atoms with Gasteiger partial charge in [-0.05, 0) is 29.7 Å². The first-order valence-electron chi connectivity index (χ1n) is 13.4. The van der Waals surface area contributed by atoms with Crippen LogP contribution >= 0.6 is 0 Å². The van der Waals surface area contributed by atoms with Gasteiger partial charge in [0.2, 0.25) is 5.95 Å². The first-order chi connectivity index (χ1) is 19.8. The van der Waals surface area contributed by atoms with Crippen molar-refractivity contribution < 1.29 is 0 Å². The Labute approximate surface area is 228 Å². The fourth-order valence-corrected chi connectivity index (χ4v) is 6.11. The largest absolute Gasteiger partial charge is 0.297 e. The minimum absolute atomic E-state index is 0.651. The van der Waals surface area contributed by atoms with E-state index in [1.165, 1.54) is 5.39 Å². The summed E-state index contributed by atoms with van der Waals surface area (Å²) in [6.45, 7) is 0. The molecule has 4 heterocycles. The zero-order valence-corrected chi connectivity index (χ0v) is 21.4. The minimum Gasteiger partial charge on any atom is -0.297 e. The smallest absolute Gasteiger partial charge is 0.235 e. The minimum atomic E-state index is 0.651. The van der Waals surface area contributed by atoms with Crippen molar-refractivity contribution in [1.82, 2.24) is 23.9 Å². The van der Waals surface area contributed by atoms with E-state index in [9.17, 15) is 0 Å². The Bertz CT molecular complexity index is 2430. The molecule has 9 rings (SSSR count). The summed E-state index contributed by atoms with van der Waals surface area (Å²) in [6, 6.07) is 42.0. The molecule has 0 radical (unpaired) electrons. The highest BCUT2D eigenvalue weighted by Crippen LogP contribution is 2.38. The summed E-state index contributed by atoms with van der Waals surface area (Å²) in [5.74, 6) is 0.651. The highest BCUT2D eigenvalue weighted by molar-refractivity contribution is 6.19. The average Bonchev–Trinajstić information content (AvgIpc) is 3.55. The molecule has 186 valence electrons. The van der Waals surface area contributed by atoms with Crippen molar-refractivity contribution in [2.75, 3.05) is 0 Å². The second-order valence-electron chi connectivity index (χ2n) is 10.2. The van der Waals surface area contributed by atoms with E-state index in [-0.39, 0.29) is 0 Å². The highest BCUT2D eigenvalue weighted by atomic mass is 15.2. The first kappa shape index (κ1) is 21.4. The summed E-state index contributed by atoms with van der Waals surface area (Å²) >= 11 is 0. The fourth-order valence-electron chi connectivity index (χ4n) is 6.11. The lowest BCUT2D eigenvalue weighted by Crippen LogP contribution is -2.04. The normalized spacial score (nSPS) is 12.0. The first-order valence-corrected chi connectivity index (χ1v) is 13.4. The molecule has 0 atom stereocenters.